The number of alkyl halides is 2. The van der Waals surface area contributed by atoms with E-state index in [-0.39, 0.29) is 23.7 Å². The first-order chi connectivity index (χ1) is 12.9. The number of fused-ring (bicyclic) bond motifs is 1. The molecular formula is C17H11ClF2N4O3. The van der Waals surface area contributed by atoms with Gasteiger partial charge in [0.2, 0.25) is 5.91 Å². The normalized spacial score (nSPS) is 14.2. The highest BCUT2D eigenvalue weighted by molar-refractivity contribution is 6.30. The largest absolute Gasteiger partial charge is 0.586 e. The van der Waals surface area contributed by atoms with Crippen LogP contribution in [0.5, 0.6) is 11.5 Å². The van der Waals surface area contributed by atoms with Crippen molar-refractivity contribution < 1.29 is 23.0 Å². The molecule has 1 aliphatic heterocycles. The van der Waals surface area contributed by atoms with Gasteiger partial charge in [0.15, 0.2) is 11.5 Å². The zero-order valence-corrected chi connectivity index (χ0v) is 14.3. The van der Waals surface area contributed by atoms with Gasteiger partial charge in [-0.15, -0.1) is 13.9 Å². The van der Waals surface area contributed by atoms with E-state index in [1.165, 1.54) is 22.9 Å². The third kappa shape index (κ3) is 3.82. The van der Waals surface area contributed by atoms with Gasteiger partial charge in [-0.2, -0.15) is 0 Å². The van der Waals surface area contributed by atoms with Crippen LogP contribution in [0.2, 0.25) is 5.02 Å². The van der Waals surface area contributed by atoms with Crippen LogP contribution < -0.4 is 14.8 Å². The topological polar surface area (TPSA) is 78.3 Å². The fourth-order valence-electron chi connectivity index (χ4n) is 2.53. The SMILES string of the molecule is O=C(Cn1cc(-c2cccc(Cl)c2)nn1)Nc1ccc2c(c1)OC(F)(F)O2. The molecule has 0 bridgehead atoms. The lowest BCUT2D eigenvalue weighted by Crippen LogP contribution is -2.25. The van der Waals surface area contributed by atoms with Crippen LogP contribution in [0.4, 0.5) is 14.5 Å². The molecule has 0 atom stereocenters. The van der Waals surface area contributed by atoms with Crippen LogP contribution in [0.1, 0.15) is 0 Å². The Hall–Kier alpha value is -3.20. The molecule has 2 aromatic carbocycles. The van der Waals surface area contributed by atoms with Gasteiger partial charge in [0.1, 0.15) is 12.2 Å². The van der Waals surface area contributed by atoms with Crippen LogP contribution in [0.3, 0.4) is 0 Å². The molecule has 138 valence electrons. The molecule has 1 aliphatic rings. The zero-order chi connectivity index (χ0) is 19.0. The molecule has 4 rings (SSSR count). The van der Waals surface area contributed by atoms with Gasteiger partial charge < -0.3 is 14.8 Å². The van der Waals surface area contributed by atoms with Gasteiger partial charge in [-0.25, -0.2) is 4.68 Å². The Morgan fingerprint density at radius 2 is 2.00 bits per heavy atom. The van der Waals surface area contributed by atoms with E-state index >= 15 is 0 Å². The lowest BCUT2D eigenvalue weighted by atomic mass is 10.2. The summed E-state index contributed by atoms with van der Waals surface area (Å²) in [7, 11) is 0. The number of carbonyl (C=O) groups excluding carboxylic acids is 1. The van der Waals surface area contributed by atoms with Crippen molar-refractivity contribution in [3.63, 3.8) is 0 Å². The summed E-state index contributed by atoms with van der Waals surface area (Å²) in [5, 5.41) is 11.0. The Kier molecular flexibility index (Phi) is 4.15. The predicted molar refractivity (Wildman–Crippen MR) is 91.7 cm³/mol. The van der Waals surface area contributed by atoms with Crippen molar-refractivity contribution in [2.45, 2.75) is 12.8 Å². The number of ether oxygens (including phenoxy) is 2. The Labute approximate surface area is 156 Å². The second kappa shape index (κ2) is 6.51. The van der Waals surface area contributed by atoms with Crippen molar-refractivity contribution >= 4 is 23.2 Å². The number of aromatic nitrogens is 3. The van der Waals surface area contributed by atoms with E-state index in [0.717, 1.165) is 5.56 Å². The van der Waals surface area contributed by atoms with Gasteiger partial charge in [0.05, 0.1) is 6.20 Å². The Morgan fingerprint density at radius 3 is 2.81 bits per heavy atom. The van der Waals surface area contributed by atoms with Crippen molar-refractivity contribution in [1.82, 2.24) is 15.0 Å². The van der Waals surface area contributed by atoms with Crippen LogP contribution in [0.15, 0.2) is 48.7 Å². The minimum absolute atomic E-state index is 0.0968. The van der Waals surface area contributed by atoms with Crippen molar-refractivity contribution in [2.24, 2.45) is 0 Å². The lowest BCUT2D eigenvalue weighted by Gasteiger charge is -2.06. The Balaban J connectivity index is 1.42. The van der Waals surface area contributed by atoms with E-state index in [0.29, 0.717) is 10.7 Å². The fraction of sp³-hybridized carbons (Fsp3) is 0.118. The molecule has 1 amide bonds. The molecule has 27 heavy (non-hydrogen) atoms. The molecule has 0 saturated heterocycles. The lowest BCUT2D eigenvalue weighted by molar-refractivity contribution is -0.286. The molecule has 7 nitrogen and oxygen atoms in total. The van der Waals surface area contributed by atoms with E-state index in [2.05, 4.69) is 25.1 Å². The van der Waals surface area contributed by atoms with E-state index in [4.69, 9.17) is 11.6 Å². The molecule has 0 radical (unpaired) electrons. The van der Waals surface area contributed by atoms with Crippen LogP contribution in [0, 0.1) is 0 Å². The molecule has 0 saturated carbocycles. The fourth-order valence-corrected chi connectivity index (χ4v) is 2.72. The number of halogens is 3. The molecule has 3 aromatic rings. The first-order valence-electron chi connectivity index (χ1n) is 7.74. The van der Waals surface area contributed by atoms with Gasteiger partial charge in [-0.3, -0.25) is 4.79 Å². The third-order valence-corrected chi connectivity index (χ3v) is 3.88. The zero-order valence-electron chi connectivity index (χ0n) is 13.5. The quantitative estimate of drug-likeness (QED) is 0.734. The summed E-state index contributed by atoms with van der Waals surface area (Å²) in [5.41, 5.74) is 1.62. The average Bonchev–Trinajstić information content (AvgIpc) is 3.17. The minimum atomic E-state index is -3.71. The molecule has 1 aromatic heterocycles. The summed E-state index contributed by atoms with van der Waals surface area (Å²) in [5.74, 6) is -0.662. The Morgan fingerprint density at radius 1 is 1.19 bits per heavy atom. The number of hydrogen-bond acceptors (Lipinski definition) is 5. The molecule has 0 spiro atoms. The average molecular weight is 393 g/mol. The van der Waals surface area contributed by atoms with E-state index in [9.17, 15) is 13.6 Å². The number of amides is 1. The van der Waals surface area contributed by atoms with E-state index < -0.39 is 12.2 Å². The predicted octanol–water partition coefficient (Wildman–Crippen LogP) is 3.56. The molecule has 2 heterocycles. The van der Waals surface area contributed by atoms with Crippen molar-refractivity contribution in [3.8, 4) is 22.8 Å². The maximum absolute atomic E-state index is 13.0. The highest BCUT2D eigenvalue weighted by atomic mass is 35.5. The van der Waals surface area contributed by atoms with Crippen LogP contribution in [-0.4, -0.2) is 27.2 Å². The standard InChI is InChI=1S/C17H11ClF2N4O3/c18-11-3-1-2-10(6-11)13-8-24(23-22-13)9-16(25)21-12-4-5-14-15(7-12)27-17(19,20)26-14/h1-8H,9H2,(H,21,25). The van der Waals surface area contributed by atoms with E-state index in [1.54, 1.807) is 24.4 Å². The molecule has 0 fully saturated rings. The van der Waals surface area contributed by atoms with Crippen molar-refractivity contribution in [3.05, 3.63) is 53.7 Å². The number of carbonyl (C=O) groups is 1. The second-order valence-corrected chi connectivity index (χ2v) is 6.13. The maximum Gasteiger partial charge on any atom is 0.586 e. The summed E-state index contributed by atoms with van der Waals surface area (Å²) in [4.78, 5) is 12.2. The van der Waals surface area contributed by atoms with Gasteiger partial charge >= 0.3 is 6.29 Å². The van der Waals surface area contributed by atoms with E-state index in [1.807, 2.05) is 6.07 Å². The number of anilines is 1. The summed E-state index contributed by atoms with van der Waals surface area (Å²) >= 11 is 5.95. The minimum Gasteiger partial charge on any atom is -0.395 e. The monoisotopic (exact) mass is 392 g/mol. The highest BCUT2D eigenvalue weighted by Crippen LogP contribution is 2.42. The van der Waals surface area contributed by atoms with Crippen LogP contribution >= 0.6 is 11.6 Å². The number of rotatable bonds is 4. The van der Waals surface area contributed by atoms with Gasteiger partial charge in [0, 0.05) is 22.3 Å². The summed E-state index contributed by atoms with van der Waals surface area (Å²) in [6.07, 6.45) is -2.10. The molecule has 10 heteroatoms. The highest BCUT2D eigenvalue weighted by Gasteiger charge is 2.43. The number of nitrogens with zero attached hydrogens (tertiary/aromatic N) is 3. The van der Waals surface area contributed by atoms with Crippen molar-refractivity contribution in [2.75, 3.05) is 5.32 Å². The second-order valence-electron chi connectivity index (χ2n) is 5.69. The van der Waals surface area contributed by atoms with Gasteiger partial charge in [0.25, 0.3) is 0 Å². The molecule has 0 aliphatic carbocycles. The summed E-state index contributed by atoms with van der Waals surface area (Å²) in [6.45, 7) is -0.113. The molecule has 1 N–H and O–H groups in total. The first kappa shape index (κ1) is 17.2. The van der Waals surface area contributed by atoms with Crippen LogP contribution in [0.25, 0.3) is 11.3 Å². The summed E-state index contributed by atoms with van der Waals surface area (Å²) in [6, 6.07) is 11.1. The first-order valence-corrected chi connectivity index (χ1v) is 8.12. The summed E-state index contributed by atoms with van der Waals surface area (Å²) < 4.78 is 36.1. The third-order valence-electron chi connectivity index (χ3n) is 3.65. The Bertz CT molecular complexity index is 1020. The smallest absolute Gasteiger partial charge is 0.395 e. The maximum atomic E-state index is 13.0. The van der Waals surface area contributed by atoms with Crippen LogP contribution in [-0.2, 0) is 11.3 Å². The molecule has 0 unspecified atom stereocenters. The number of hydrogen-bond donors (Lipinski definition) is 1. The van der Waals surface area contributed by atoms with Gasteiger partial charge in [-0.1, -0.05) is 28.9 Å². The number of nitrogens with one attached hydrogen (secondary N) is 1. The van der Waals surface area contributed by atoms with Gasteiger partial charge in [-0.05, 0) is 24.3 Å². The number of benzene rings is 2. The molecular weight excluding hydrogens is 382 g/mol. The van der Waals surface area contributed by atoms with Crippen molar-refractivity contribution in [1.29, 1.82) is 0 Å².